The summed E-state index contributed by atoms with van der Waals surface area (Å²) >= 11 is 1.81. The number of nitrogens with zero attached hydrogens (tertiary/aromatic N) is 1. The Kier molecular flexibility index (Phi) is 7.47. The first-order chi connectivity index (χ1) is 9.63. The van der Waals surface area contributed by atoms with Gasteiger partial charge in [-0.1, -0.05) is 26.0 Å². The molecule has 0 unspecified atom stereocenters. The first-order valence-electron chi connectivity index (χ1n) is 6.89. The van der Waals surface area contributed by atoms with Crippen molar-refractivity contribution in [1.82, 2.24) is 4.90 Å². The Labute approximate surface area is 125 Å². The maximum atomic E-state index is 11.8. The van der Waals surface area contributed by atoms with E-state index in [0.29, 0.717) is 11.3 Å². The van der Waals surface area contributed by atoms with Crippen LogP contribution in [0.5, 0.6) is 0 Å². The summed E-state index contributed by atoms with van der Waals surface area (Å²) in [6, 6.07) is 5.55. The standard InChI is InChI=1S/C15H24N2O2S/c1-4-17(5-2)9-10-20-11-12-7-6-8-13(16)14(12)15(18)19-3/h6-8H,4-5,9-11,16H2,1-3H3. The fourth-order valence-corrected chi connectivity index (χ4v) is 3.00. The molecule has 1 aromatic carbocycles. The van der Waals surface area contributed by atoms with Gasteiger partial charge in [-0.3, -0.25) is 0 Å². The van der Waals surface area contributed by atoms with Crippen LogP contribution in [-0.4, -0.2) is 43.4 Å². The zero-order valence-corrected chi connectivity index (χ0v) is 13.3. The van der Waals surface area contributed by atoms with E-state index in [4.69, 9.17) is 10.5 Å². The zero-order chi connectivity index (χ0) is 15.0. The third-order valence-electron chi connectivity index (χ3n) is 3.28. The third kappa shape index (κ3) is 4.72. The SMILES string of the molecule is CCN(CC)CCSCc1cccc(N)c1C(=O)OC. The minimum absolute atomic E-state index is 0.359. The number of benzene rings is 1. The molecule has 112 valence electrons. The molecule has 1 rings (SSSR count). The second-order valence-corrected chi connectivity index (χ2v) is 5.56. The van der Waals surface area contributed by atoms with Crippen LogP contribution >= 0.6 is 11.8 Å². The van der Waals surface area contributed by atoms with Gasteiger partial charge < -0.3 is 15.4 Å². The van der Waals surface area contributed by atoms with Gasteiger partial charge >= 0.3 is 5.97 Å². The molecule has 0 aromatic heterocycles. The van der Waals surface area contributed by atoms with Gasteiger partial charge in [0.1, 0.15) is 0 Å². The van der Waals surface area contributed by atoms with Crippen molar-refractivity contribution in [2.75, 3.05) is 38.2 Å². The van der Waals surface area contributed by atoms with Crippen LogP contribution in [0.15, 0.2) is 18.2 Å². The molecule has 5 heteroatoms. The molecular formula is C15H24N2O2S. The molecule has 0 aliphatic rings. The lowest BCUT2D eigenvalue weighted by Crippen LogP contribution is -2.25. The number of hydrogen-bond donors (Lipinski definition) is 1. The smallest absolute Gasteiger partial charge is 0.340 e. The first kappa shape index (κ1) is 16.9. The highest BCUT2D eigenvalue weighted by molar-refractivity contribution is 7.98. The highest BCUT2D eigenvalue weighted by Crippen LogP contribution is 2.22. The maximum absolute atomic E-state index is 11.8. The van der Waals surface area contributed by atoms with E-state index in [0.717, 1.165) is 36.7 Å². The van der Waals surface area contributed by atoms with Crippen LogP contribution in [0.1, 0.15) is 29.8 Å². The molecular weight excluding hydrogens is 272 g/mol. The number of esters is 1. The largest absolute Gasteiger partial charge is 0.465 e. The topological polar surface area (TPSA) is 55.6 Å². The molecule has 0 fully saturated rings. The molecule has 0 bridgehead atoms. The van der Waals surface area contributed by atoms with Crippen molar-refractivity contribution in [3.63, 3.8) is 0 Å². The number of carbonyl (C=O) groups excluding carboxylic acids is 1. The summed E-state index contributed by atoms with van der Waals surface area (Å²) < 4.78 is 4.80. The number of methoxy groups -OCH3 is 1. The molecule has 0 radical (unpaired) electrons. The van der Waals surface area contributed by atoms with Gasteiger partial charge in [-0.2, -0.15) is 11.8 Å². The van der Waals surface area contributed by atoms with E-state index in [9.17, 15) is 4.79 Å². The highest BCUT2D eigenvalue weighted by Gasteiger charge is 2.15. The van der Waals surface area contributed by atoms with Crippen LogP contribution in [-0.2, 0) is 10.5 Å². The molecule has 4 nitrogen and oxygen atoms in total. The molecule has 20 heavy (non-hydrogen) atoms. The highest BCUT2D eigenvalue weighted by atomic mass is 32.2. The Bertz CT molecular complexity index is 434. The summed E-state index contributed by atoms with van der Waals surface area (Å²) in [7, 11) is 1.38. The molecule has 0 spiro atoms. The van der Waals surface area contributed by atoms with Gasteiger partial charge in [-0.05, 0) is 24.7 Å². The molecule has 0 saturated carbocycles. The van der Waals surface area contributed by atoms with Crippen molar-refractivity contribution in [3.05, 3.63) is 29.3 Å². The Hall–Kier alpha value is -1.20. The van der Waals surface area contributed by atoms with Gasteiger partial charge in [0.25, 0.3) is 0 Å². The second kappa shape index (κ2) is 8.87. The van der Waals surface area contributed by atoms with E-state index >= 15 is 0 Å². The van der Waals surface area contributed by atoms with Gasteiger partial charge in [0, 0.05) is 23.7 Å². The van der Waals surface area contributed by atoms with E-state index in [-0.39, 0.29) is 5.97 Å². The average molecular weight is 296 g/mol. The summed E-state index contributed by atoms with van der Waals surface area (Å²) in [6.07, 6.45) is 0. The number of thioether (sulfide) groups is 1. The number of ether oxygens (including phenoxy) is 1. The number of hydrogen-bond acceptors (Lipinski definition) is 5. The van der Waals surface area contributed by atoms with E-state index in [1.165, 1.54) is 7.11 Å². The van der Waals surface area contributed by atoms with Crippen molar-refractivity contribution in [3.8, 4) is 0 Å². The van der Waals surface area contributed by atoms with Crippen molar-refractivity contribution in [1.29, 1.82) is 0 Å². The molecule has 2 N–H and O–H groups in total. The molecule has 0 aliphatic carbocycles. The minimum atomic E-state index is -0.359. The van der Waals surface area contributed by atoms with E-state index in [2.05, 4.69) is 18.7 Å². The third-order valence-corrected chi connectivity index (χ3v) is 4.26. The Balaban J connectivity index is 2.60. The number of nitrogen functional groups attached to an aromatic ring is 1. The Morgan fingerprint density at radius 2 is 2.05 bits per heavy atom. The fraction of sp³-hybridized carbons (Fsp3) is 0.533. The van der Waals surface area contributed by atoms with Crippen LogP contribution in [0.3, 0.4) is 0 Å². The molecule has 0 amide bonds. The van der Waals surface area contributed by atoms with Crippen LogP contribution in [0.25, 0.3) is 0 Å². The zero-order valence-electron chi connectivity index (χ0n) is 12.5. The molecule has 0 saturated heterocycles. The van der Waals surface area contributed by atoms with Crippen molar-refractivity contribution in [2.45, 2.75) is 19.6 Å². The monoisotopic (exact) mass is 296 g/mol. The molecule has 0 heterocycles. The van der Waals surface area contributed by atoms with Crippen molar-refractivity contribution in [2.24, 2.45) is 0 Å². The number of anilines is 1. The lowest BCUT2D eigenvalue weighted by atomic mass is 10.1. The summed E-state index contributed by atoms with van der Waals surface area (Å²) in [5.41, 5.74) is 7.81. The minimum Gasteiger partial charge on any atom is -0.465 e. The van der Waals surface area contributed by atoms with Crippen LogP contribution < -0.4 is 5.73 Å². The fourth-order valence-electron chi connectivity index (χ4n) is 2.01. The van der Waals surface area contributed by atoms with E-state index in [1.807, 2.05) is 23.9 Å². The van der Waals surface area contributed by atoms with Crippen LogP contribution in [0, 0.1) is 0 Å². The average Bonchev–Trinajstić information content (AvgIpc) is 2.47. The first-order valence-corrected chi connectivity index (χ1v) is 8.05. The van der Waals surface area contributed by atoms with Crippen LogP contribution in [0.4, 0.5) is 5.69 Å². The summed E-state index contributed by atoms with van der Waals surface area (Å²) in [6.45, 7) is 7.54. The molecule has 0 atom stereocenters. The molecule has 0 aliphatic heterocycles. The lowest BCUT2D eigenvalue weighted by molar-refractivity contribution is 0.0601. The van der Waals surface area contributed by atoms with Crippen molar-refractivity contribution >= 4 is 23.4 Å². The number of carbonyl (C=O) groups is 1. The summed E-state index contributed by atoms with van der Waals surface area (Å²) in [5.74, 6) is 1.45. The van der Waals surface area contributed by atoms with Gasteiger partial charge in [0.2, 0.25) is 0 Å². The predicted molar refractivity (Wildman–Crippen MR) is 86.1 cm³/mol. The molecule has 1 aromatic rings. The van der Waals surface area contributed by atoms with Crippen molar-refractivity contribution < 1.29 is 9.53 Å². The second-order valence-electron chi connectivity index (χ2n) is 4.45. The van der Waals surface area contributed by atoms with E-state index < -0.39 is 0 Å². The predicted octanol–water partition coefficient (Wildman–Crippen LogP) is 2.63. The van der Waals surface area contributed by atoms with Crippen LogP contribution in [0.2, 0.25) is 0 Å². The van der Waals surface area contributed by atoms with Gasteiger partial charge in [-0.25, -0.2) is 4.79 Å². The Morgan fingerprint density at radius 3 is 2.65 bits per heavy atom. The van der Waals surface area contributed by atoms with Gasteiger partial charge in [-0.15, -0.1) is 0 Å². The number of rotatable bonds is 8. The van der Waals surface area contributed by atoms with Gasteiger partial charge in [0.15, 0.2) is 0 Å². The van der Waals surface area contributed by atoms with E-state index in [1.54, 1.807) is 6.07 Å². The lowest BCUT2D eigenvalue weighted by Gasteiger charge is -2.17. The Morgan fingerprint density at radius 1 is 1.35 bits per heavy atom. The summed E-state index contributed by atoms with van der Waals surface area (Å²) in [5, 5.41) is 0. The number of nitrogens with two attached hydrogens (primary N) is 1. The normalized spacial score (nSPS) is 10.8. The van der Waals surface area contributed by atoms with Gasteiger partial charge in [0.05, 0.1) is 12.7 Å². The quantitative estimate of drug-likeness (QED) is 0.454. The maximum Gasteiger partial charge on any atom is 0.340 e. The summed E-state index contributed by atoms with van der Waals surface area (Å²) in [4.78, 5) is 14.2.